The van der Waals surface area contributed by atoms with Gasteiger partial charge >= 0.3 is 0 Å². The van der Waals surface area contributed by atoms with Gasteiger partial charge in [-0.3, -0.25) is 4.79 Å². The zero-order valence-electron chi connectivity index (χ0n) is 9.25. The second kappa shape index (κ2) is 6.06. The van der Waals surface area contributed by atoms with E-state index in [1.54, 1.807) is 7.11 Å². The van der Waals surface area contributed by atoms with E-state index in [0.717, 1.165) is 25.1 Å². The summed E-state index contributed by atoms with van der Waals surface area (Å²) in [5.74, 6) is 0.908. The quantitative estimate of drug-likeness (QED) is 0.747. The lowest BCUT2D eigenvalue weighted by molar-refractivity contribution is -0.118. The molecule has 15 heavy (non-hydrogen) atoms. The Morgan fingerprint density at radius 1 is 1.33 bits per heavy atom. The van der Waals surface area contributed by atoms with Crippen molar-refractivity contribution in [3.8, 4) is 5.75 Å². The van der Waals surface area contributed by atoms with E-state index in [0.29, 0.717) is 0 Å². The SMILES string of the molecule is COc1ccc(CCCNC(C)=O)cc1. The maximum absolute atomic E-state index is 10.6. The first-order chi connectivity index (χ1) is 7.22. The van der Waals surface area contributed by atoms with Crippen molar-refractivity contribution in [3.05, 3.63) is 29.8 Å². The van der Waals surface area contributed by atoms with Gasteiger partial charge in [-0.05, 0) is 30.5 Å². The van der Waals surface area contributed by atoms with Gasteiger partial charge in [-0.1, -0.05) is 12.1 Å². The molecule has 0 saturated heterocycles. The fraction of sp³-hybridized carbons (Fsp3) is 0.417. The van der Waals surface area contributed by atoms with Gasteiger partial charge in [-0.15, -0.1) is 0 Å². The van der Waals surface area contributed by atoms with Gasteiger partial charge in [-0.25, -0.2) is 0 Å². The van der Waals surface area contributed by atoms with Gasteiger partial charge in [0.15, 0.2) is 0 Å². The standard InChI is InChI=1S/C12H17NO2/c1-10(14)13-9-3-4-11-5-7-12(15-2)8-6-11/h5-8H,3-4,9H2,1-2H3,(H,13,14). The van der Waals surface area contributed by atoms with Crippen LogP contribution in [0.1, 0.15) is 18.9 Å². The van der Waals surface area contributed by atoms with Crippen LogP contribution in [0.3, 0.4) is 0 Å². The number of amides is 1. The number of aryl methyl sites for hydroxylation is 1. The molecule has 0 unspecified atom stereocenters. The maximum atomic E-state index is 10.6. The number of carbonyl (C=O) groups excluding carboxylic acids is 1. The molecule has 0 saturated carbocycles. The predicted molar refractivity (Wildman–Crippen MR) is 60.0 cm³/mol. The Kier molecular flexibility index (Phi) is 4.68. The molecule has 0 bridgehead atoms. The van der Waals surface area contributed by atoms with Crippen molar-refractivity contribution in [2.75, 3.05) is 13.7 Å². The lowest BCUT2D eigenvalue weighted by Gasteiger charge is -2.04. The Morgan fingerprint density at radius 3 is 2.53 bits per heavy atom. The molecule has 0 atom stereocenters. The normalized spacial score (nSPS) is 9.73. The number of nitrogens with one attached hydrogen (secondary N) is 1. The van der Waals surface area contributed by atoms with Crippen LogP contribution in [0.2, 0.25) is 0 Å². The lowest BCUT2D eigenvalue weighted by atomic mass is 10.1. The van der Waals surface area contributed by atoms with Crippen molar-refractivity contribution in [2.24, 2.45) is 0 Å². The van der Waals surface area contributed by atoms with Crippen molar-refractivity contribution in [2.45, 2.75) is 19.8 Å². The van der Waals surface area contributed by atoms with E-state index in [1.165, 1.54) is 12.5 Å². The van der Waals surface area contributed by atoms with Crippen LogP contribution in [0.25, 0.3) is 0 Å². The molecule has 3 heteroatoms. The molecule has 3 nitrogen and oxygen atoms in total. The lowest BCUT2D eigenvalue weighted by Crippen LogP contribution is -2.21. The first-order valence-corrected chi connectivity index (χ1v) is 5.09. The summed E-state index contributed by atoms with van der Waals surface area (Å²) in [7, 11) is 1.66. The molecule has 0 aromatic heterocycles. The number of benzene rings is 1. The van der Waals surface area contributed by atoms with Crippen LogP contribution in [0.5, 0.6) is 5.75 Å². The highest BCUT2D eigenvalue weighted by Gasteiger charge is 1.95. The van der Waals surface area contributed by atoms with Gasteiger partial charge < -0.3 is 10.1 Å². The first kappa shape index (κ1) is 11.6. The molecule has 0 aliphatic carbocycles. The third-order valence-electron chi connectivity index (χ3n) is 2.18. The van der Waals surface area contributed by atoms with E-state index in [2.05, 4.69) is 5.32 Å². The first-order valence-electron chi connectivity index (χ1n) is 5.09. The molecule has 1 aromatic carbocycles. The van der Waals surface area contributed by atoms with Crippen LogP contribution < -0.4 is 10.1 Å². The average Bonchev–Trinajstić information content (AvgIpc) is 2.25. The molecule has 0 fully saturated rings. The summed E-state index contributed by atoms with van der Waals surface area (Å²) >= 11 is 0. The zero-order chi connectivity index (χ0) is 11.1. The summed E-state index contributed by atoms with van der Waals surface area (Å²) in [6.45, 7) is 2.27. The van der Waals surface area contributed by atoms with Gasteiger partial charge in [-0.2, -0.15) is 0 Å². The Hall–Kier alpha value is -1.51. The fourth-order valence-corrected chi connectivity index (χ4v) is 1.35. The van der Waals surface area contributed by atoms with Crippen molar-refractivity contribution >= 4 is 5.91 Å². The minimum absolute atomic E-state index is 0.0322. The number of hydrogen-bond acceptors (Lipinski definition) is 2. The monoisotopic (exact) mass is 207 g/mol. The predicted octanol–water partition coefficient (Wildman–Crippen LogP) is 1.76. The van der Waals surface area contributed by atoms with Crippen molar-refractivity contribution < 1.29 is 9.53 Å². The molecule has 82 valence electrons. The molecule has 1 N–H and O–H groups in total. The molecule has 1 amide bonds. The Labute approximate surface area is 90.4 Å². The van der Waals surface area contributed by atoms with Crippen LogP contribution >= 0.6 is 0 Å². The van der Waals surface area contributed by atoms with Crippen LogP contribution in [0.4, 0.5) is 0 Å². The van der Waals surface area contributed by atoms with Gasteiger partial charge in [0.25, 0.3) is 0 Å². The van der Waals surface area contributed by atoms with Crippen molar-refractivity contribution in [1.82, 2.24) is 5.32 Å². The second-order valence-electron chi connectivity index (χ2n) is 3.43. The molecule has 0 spiro atoms. The molecular weight excluding hydrogens is 190 g/mol. The topological polar surface area (TPSA) is 38.3 Å². The zero-order valence-corrected chi connectivity index (χ0v) is 9.25. The second-order valence-corrected chi connectivity index (χ2v) is 3.43. The summed E-state index contributed by atoms with van der Waals surface area (Å²) in [6.07, 6.45) is 1.94. The van der Waals surface area contributed by atoms with Gasteiger partial charge in [0, 0.05) is 13.5 Å². The minimum atomic E-state index is 0.0322. The summed E-state index contributed by atoms with van der Waals surface area (Å²) in [4.78, 5) is 10.6. The van der Waals surface area contributed by atoms with E-state index < -0.39 is 0 Å². The van der Waals surface area contributed by atoms with Crippen LogP contribution in [-0.2, 0) is 11.2 Å². The summed E-state index contributed by atoms with van der Waals surface area (Å²) < 4.78 is 5.07. The average molecular weight is 207 g/mol. The molecule has 0 heterocycles. The number of rotatable bonds is 5. The van der Waals surface area contributed by atoms with Crippen LogP contribution in [-0.4, -0.2) is 19.6 Å². The van der Waals surface area contributed by atoms with E-state index in [4.69, 9.17) is 4.74 Å². The molecular formula is C12H17NO2. The molecule has 1 aromatic rings. The largest absolute Gasteiger partial charge is 0.497 e. The summed E-state index contributed by atoms with van der Waals surface area (Å²) in [6, 6.07) is 8.00. The molecule has 1 rings (SSSR count). The van der Waals surface area contributed by atoms with Gasteiger partial charge in [0.1, 0.15) is 5.75 Å². The van der Waals surface area contributed by atoms with E-state index >= 15 is 0 Å². The highest BCUT2D eigenvalue weighted by atomic mass is 16.5. The highest BCUT2D eigenvalue weighted by molar-refractivity contribution is 5.72. The maximum Gasteiger partial charge on any atom is 0.216 e. The summed E-state index contributed by atoms with van der Waals surface area (Å²) in [5, 5.41) is 2.77. The Bertz CT molecular complexity index is 306. The molecule has 0 aliphatic rings. The summed E-state index contributed by atoms with van der Waals surface area (Å²) in [5.41, 5.74) is 1.26. The Balaban J connectivity index is 2.28. The smallest absolute Gasteiger partial charge is 0.216 e. The van der Waals surface area contributed by atoms with E-state index in [1.807, 2.05) is 24.3 Å². The van der Waals surface area contributed by atoms with Gasteiger partial charge in [0.2, 0.25) is 5.91 Å². The minimum Gasteiger partial charge on any atom is -0.497 e. The van der Waals surface area contributed by atoms with E-state index in [-0.39, 0.29) is 5.91 Å². The van der Waals surface area contributed by atoms with Crippen LogP contribution in [0.15, 0.2) is 24.3 Å². The Morgan fingerprint density at radius 2 is 2.00 bits per heavy atom. The number of carbonyl (C=O) groups is 1. The van der Waals surface area contributed by atoms with Crippen molar-refractivity contribution in [3.63, 3.8) is 0 Å². The number of ether oxygens (including phenoxy) is 1. The van der Waals surface area contributed by atoms with Crippen LogP contribution in [0, 0.1) is 0 Å². The molecule has 0 radical (unpaired) electrons. The molecule has 0 aliphatic heterocycles. The third-order valence-corrected chi connectivity index (χ3v) is 2.18. The van der Waals surface area contributed by atoms with E-state index in [9.17, 15) is 4.79 Å². The van der Waals surface area contributed by atoms with Gasteiger partial charge in [0.05, 0.1) is 7.11 Å². The highest BCUT2D eigenvalue weighted by Crippen LogP contribution is 2.12. The third kappa shape index (κ3) is 4.49. The number of hydrogen-bond donors (Lipinski definition) is 1. The fourth-order valence-electron chi connectivity index (χ4n) is 1.35. The van der Waals surface area contributed by atoms with Crippen molar-refractivity contribution in [1.29, 1.82) is 0 Å². The number of methoxy groups -OCH3 is 1.